The average molecular weight is 406 g/mol. The Balaban J connectivity index is 1.42. The van der Waals surface area contributed by atoms with Gasteiger partial charge in [-0.05, 0) is 81.6 Å². The van der Waals surface area contributed by atoms with Crippen LogP contribution in [0.25, 0.3) is 0 Å². The van der Waals surface area contributed by atoms with Crippen molar-refractivity contribution in [1.29, 1.82) is 0 Å². The number of hydrogen-bond acceptors (Lipinski definition) is 3. The van der Waals surface area contributed by atoms with Gasteiger partial charge in [0.25, 0.3) is 5.91 Å². The first-order chi connectivity index (χ1) is 14.7. The predicted molar refractivity (Wildman–Crippen MR) is 124 cm³/mol. The highest BCUT2D eigenvalue weighted by atomic mass is 16.1. The fourth-order valence-electron chi connectivity index (χ4n) is 4.81. The van der Waals surface area contributed by atoms with Gasteiger partial charge in [0.15, 0.2) is 0 Å². The third-order valence-electron chi connectivity index (χ3n) is 6.62. The first-order valence-corrected chi connectivity index (χ1v) is 11.6. The van der Waals surface area contributed by atoms with Gasteiger partial charge in [-0.2, -0.15) is 0 Å². The van der Waals surface area contributed by atoms with E-state index in [-0.39, 0.29) is 5.91 Å². The molecule has 160 valence electrons. The first-order valence-electron chi connectivity index (χ1n) is 11.6. The first kappa shape index (κ1) is 21.1. The minimum atomic E-state index is -0.00824. The number of amides is 1. The minimum absolute atomic E-state index is 0.00824. The SMILES string of the molecule is C[C@@H]1CCCCN1Cc1cccc(NC(=O)c2ccccc2CN2CCCCC2)c1. The summed E-state index contributed by atoms with van der Waals surface area (Å²) in [7, 11) is 0. The van der Waals surface area contributed by atoms with Gasteiger partial charge in [-0.25, -0.2) is 0 Å². The Kier molecular flexibility index (Phi) is 7.19. The molecule has 1 N–H and O–H groups in total. The quantitative estimate of drug-likeness (QED) is 0.708. The van der Waals surface area contributed by atoms with Crippen LogP contribution in [0.3, 0.4) is 0 Å². The van der Waals surface area contributed by atoms with E-state index in [0.717, 1.165) is 43.0 Å². The van der Waals surface area contributed by atoms with E-state index in [1.165, 1.54) is 50.6 Å². The molecule has 30 heavy (non-hydrogen) atoms. The van der Waals surface area contributed by atoms with Crippen LogP contribution >= 0.6 is 0 Å². The molecule has 1 amide bonds. The lowest BCUT2D eigenvalue weighted by molar-refractivity contribution is 0.102. The highest BCUT2D eigenvalue weighted by molar-refractivity contribution is 6.05. The van der Waals surface area contributed by atoms with E-state index in [9.17, 15) is 4.79 Å². The number of likely N-dealkylation sites (tertiary alicyclic amines) is 2. The lowest BCUT2D eigenvalue weighted by Gasteiger charge is -2.33. The molecule has 2 aliphatic rings. The highest BCUT2D eigenvalue weighted by Gasteiger charge is 2.19. The molecule has 1 atom stereocenters. The molecule has 2 aromatic carbocycles. The van der Waals surface area contributed by atoms with Crippen LogP contribution in [0.4, 0.5) is 5.69 Å². The molecular weight excluding hydrogens is 370 g/mol. The topological polar surface area (TPSA) is 35.6 Å². The summed E-state index contributed by atoms with van der Waals surface area (Å²) < 4.78 is 0. The maximum absolute atomic E-state index is 13.1. The summed E-state index contributed by atoms with van der Waals surface area (Å²) in [6, 6.07) is 17.0. The van der Waals surface area contributed by atoms with Gasteiger partial charge in [0.1, 0.15) is 0 Å². The standard InChI is InChI=1S/C26H35N3O/c1-21-10-5-8-17-29(21)19-22-11-9-13-24(18-22)27-26(30)25-14-4-3-12-23(25)20-28-15-6-2-7-16-28/h3-4,9,11-14,18,21H,2,5-8,10,15-17,19-20H2,1H3,(H,27,30)/t21-/m1/s1. The van der Waals surface area contributed by atoms with Crippen molar-refractivity contribution >= 4 is 11.6 Å². The summed E-state index contributed by atoms with van der Waals surface area (Å²) in [6.07, 6.45) is 7.75. The van der Waals surface area contributed by atoms with E-state index in [2.05, 4.69) is 46.3 Å². The van der Waals surface area contributed by atoms with Crippen molar-refractivity contribution in [3.05, 3.63) is 65.2 Å². The number of hydrogen-bond donors (Lipinski definition) is 1. The average Bonchev–Trinajstić information content (AvgIpc) is 2.77. The summed E-state index contributed by atoms with van der Waals surface area (Å²) in [5, 5.41) is 3.15. The maximum atomic E-state index is 13.1. The van der Waals surface area contributed by atoms with Gasteiger partial charge >= 0.3 is 0 Å². The second-order valence-corrected chi connectivity index (χ2v) is 8.96. The number of nitrogens with one attached hydrogen (secondary N) is 1. The van der Waals surface area contributed by atoms with Crippen molar-refractivity contribution in [1.82, 2.24) is 9.80 Å². The molecular formula is C26H35N3O. The van der Waals surface area contributed by atoms with Crippen molar-refractivity contribution in [2.24, 2.45) is 0 Å². The molecule has 0 aromatic heterocycles. The fourth-order valence-corrected chi connectivity index (χ4v) is 4.81. The molecule has 2 aromatic rings. The molecule has 2 heterocycles. The van der Waals surface area contributed by atoms with E-state index < -0.39 is 0 Å². The fraction of sp³-hybridized carbons (Fsp3) is 0.500. The zero-order valence-electron chi connectivity index (χ0n) is 18.3. The number of anilines is 1. The molecule has 0 aliphatic carbocycles. The molecule has 2 aliphatic heterocycles. The van der Waals surface area contributed by atoms with Crippen molar-refractivity contribution in [3.8, 4) is 0 Å². The van der Waals surface area contributed by atoms with Crippen molar-refractivity contribution in [3.63, 3.8) is 0 Å². The normalized spacial score (nSPS) is 20.8. The van der Waals surface area contributed by atoms with E-state index in [4.69, 9.17) is 0 Å². The molecule has 0 unspecified atom stereocenters. The number of rotatable bonds is 6. The summed E-state index contributed by atoms with van der Waals surface area (Å²) in [6.45, 7) is 7.57. The van der Waals surface area contributed by atoms with Gasteiger partial charge in [0, 0.05) is 30.4 Å². The second-order valence-electron chi connectivity index (χ2n) is 8.96. The van der Waals surface area contributed by atoms with Crippen LogP contribution in [0.5, 0.6) is 0 Å². The van der Waals surface area contributed by atoms with Crippen LogP contribution in [0.15, 0.2) is 48.5 Å². The molecule has 0 spiro atoms. The Labute approximate surface area is 181 Å². The number of piperidine rings is 2. The van der Waals surface area contributed by atoms with Crippen molar-refractivity contribution in [2.75, 3.05) is 25.0 Å². The lowest BCUT2D eigenvalue weighted by atomic mass is 10.0. The molecule has 0 saturated carbocycles. The van der Waals surface area contributed by atoms with Crippen LogP contribution in [-0.4, -0.2) is 41.4 Å². The van der Waals surface area contributed by atoms with Crippen LogP contribution in [0.1, 0.15) is 66.9 Å². The molecule has 4 rings (SSSR count). The molecule has 4 nitrogen and oxygen atoms in total. The zero-order chi connectivity index (χ0) is 20.8. The van der Waals surface area contributed by atoms with Crippen LogP contribution < -0.4 is 5.32 Å². The Morgan fingerprint density at radius 1 is 0.933 bits per heavy atom. The third-order valence-corrected chi connectivity index (χ3v) is 6.62. The minimum Gasteiger partial charge on any atom is -0.322 e. The van der Waals surface area contributed by atoms with Crippen LogP contribution in [-0.2, 0) is 13.1 Å². The summed E-state index contributed by atoms with van der Waals surface area (Å²) in [4.78, 5) is 18.1. The maximum Gasteiger partial charge on any atom is 0.255 e. The Morgan fingerprint density at radius 3 is 2.57 bits per heavy atom. The Morgan fingerprint density at radius 2 is 1.73 bits per heavy atom. The monoisotopic (exact) mass is 405 g/mol. The van der Waals surface area contributed by atoms with Gasteiger partial charge < -0.3 is 5.32 Å². The predicted octanol–water partition coefficient (Wildman–Crippen LogP) is 5.30. The van der Waals surface area contributed by atoms with Crippen molar-refractivity contribution in [2.45, 2.75) is 64.6 Å². The number of carbonyl (C=O) groups is 1. The van der Waals surface area contributed by atoms with Crippen LogP contribution in [0, 0.1) is 0 Å². The summed E-state index contributed by atoms with van der Waals surface area (Å²) in [5.41, 5.74) is 4.06. The van der Waals surface area contributed by atoms with E-state index in [0.29, 0.717) is 6.04 Å². The number of nitrogens with zero attached hydrogens (tertiary/aromatic N) is 2. The Hall–Kier alpha value is -2.17. The van der Waals surface area contributed by atoms with E-state index >= 15 is 0 Å². The molecule has 0 bridgehead atoms. The molecule has 2 fully saturated rings. The second kappa shape index (κ2) is 10.2. The molecule has 4 heteroatoms. The Bertz CT molecular complexity index is 844. The zero-order valence-corrected chi connectivity index (χ0v) is 18.3. The van der Waals surface area contributed by atoms with E-state index in [1.54, 1.807) is 0 Å². The smallest absolute Gasteiger partial charge is 0.255 e. The van der Waals surface area contributed by atoms with Crippen molar-refractivity contribution < 1.29 is 4.79 Å². The van der Waals surface area contributed by atoms with Gasteiger partial charge in [-0.15, -0.1) is 0 Å². The van der Waals surface area contributed by atoms with Crippen LogP contribution in [0.2, 0.25) is 0 Å². The molecule has 2 saturated heterocycles. The van der Waals surface area contributed by atoms with E-state index in [1.807, 2.05) is 24.3 Å². The van der Waals surface area contributed by atoms with Gasteiger partial charge in [0.2, 0.25) is 0 Å². The summed E-state index contributed by atoms with van der Waals surface area (Å²) >= 11 is 0. The number of benzene rings is 2. The molecule has 0 radical (unpaired) electrons. The number of carbonyl (C=O) groups excluding carboxylic acids is 1. The van der Waals surface area contributed by atoms with Gasteiger partial charge in [-0.1, -0.05) is 43.2 Å². The highest BCUT2D eigenvalue weighted by Crippen LogP contribution is 2.22. The van der Waals surface area contributed by atoms with Gasteiger partial charge in [0.05, 0.1) is 0 Å². The largest absolute Gasteiger partial charge is 0.322 e. The summed E-state index contributed by atoms with van der Waals surface area (Å²) in [5.74, 6) is -0.00824. The lowest BCUT2D eigenvalue weighted by Crippen LogP contribution is -2.36. The third kappa shape index (κ3) is 5.50. The van der Waals surface area contributed by atoms with Gasteiger partial charge in [-0.3, -0.25) is 14.6 Å².